The summed E-state index contributed by atoms with van der Waals surface area (Å²) >= 11 is 0. The van der Waals surface area contributed by atoms with Crippen molar-refractivity contribution in [2.75, 3.05) is 6.61 Å². The van der Waals surface area contributed by atoms with Gasteiger partial charge in [0.2, 0.25) is 5.78 Å². The van der Waals surface area contributed by atoms with Crippen LogP contribution in [0.3, 0.4) is 0 Å². The number of ether oxygens (including phenoxy) is 1. The minimum atomic E-state index is -0.462. The summed E-state index contributed by atoms with van der Waals surface area (Å²) in [6.07, 6.45) is 0. The summed E-state index contributed by atoms with van der Waals surface area (Å²) in [6.45, 7) is 0.0209. The van der Waals surface area contributed by atoms with Gasteiger partial charge in [0.1, 0.15) is 11.3 Å². The Morgan fingerprint density at radius 3 is 2.73 bits per heavy atom. The van der Waals surface area contributed by atoms with Crippen molar-refractivity contribution in [2.24, 2.45) is 0 Å². The van der Waals surface area contributed by atoms with Gasteiger partial charge in [0.05, 0.1) is 0 Å². The molecule has 2 aromatic rings. The Morgan fingerprint density at radius 2 is 1.87 bits per heavy atom. The second-order valence-corrected chi connectivity index (χ2v) is 3.32. The Hall–Kier alpha value is -2.10. The molecule has 0 amide bonds. The fourth-order valence-electron chi connectivity index (χ4n) is 1.71. The van der Waals surface area contributed by atoms with Crippen molar-refractivity contribution in [2.45, 2.75) is 0 Å². The molecule has 0 radical (unpaired) electrons. The second-order valence-electron chi connectivity index (χ2n) is 3.32. The van der Waals surface area contributed by atoms with E-state index in [1.807, 2.05) is 0 Å². The average molecular weight is 202 g/mol. The number of carbonyl (C=O) groups is 1. The minimum absolute atomic E-state index is 0.0209. The molecular formula is C11H6O4. The molecule has 0 bridgehead atoms. The van der Waals surface area contributed by atoms with Crippen LogP contribution in [0, 0.1) is 0 Å². The van der Waals surface area contributed by atoms with E-state index in [4.69, 9.17) is 9.15 Å². The van der Waals surface area contributed by atoms with E-state index >= 15 is 0 Å². The number of benzene rings is 1. The SMILES string of the molecule is O=C1COc2ccc3ccc(=O)oc3c21. The smallest absolute Gasteiger partial charge is 0.336 e. The van der Waals surface area contributed by atoms with Gasteiger partial charge in [-0.15, -0.1) is 0 Å². The summed E-state index contributed by atoms with van der Waals surface area (Å²) in [4.78, 5) is 22.6. The molecule has 1 aromatic carbocycles. The Balaban J connectivity index is 2.51. The van der Waals surface area contributed by atoms with E-state index in [2.05, 4.69) is 0 Å². The van der Waals surface area contributed by atoms with Gasteiger partial charge in [-0.1, -0.05) is 0 Å². The molecule has 0 saturated carbocycles. The highest BCUT2D eigenvalue weighted by molar-refractivity contribution is 6.11. The van der Waals surface area contributed by atoms with Crippen LogP contribution in [0.25, 0.3) is 11.0 Å². The van der Waals surface area contributed by atoms with E-state index in [1.54, 1.807) is 18.2 Å². The zero-order valence-corrected chi connectivity index (χ0v) is 7.65. The van der Waals surface area contributed by atoms with Gasteiger partial charge < -0.3 is 9.15 Å². The van der Waals surface area contributed by atoms with E-state index < -0.39 is 5.63 Å². The summed E-state index contributed by atoms with van der Waals surface area (Å²) < 4.78 is 10.2. The predicted molar refractivity (Wildman–Crippen MR) is 52.3 cm³/mol. The lowest BCUT2D eigenvalue weighted by Crippen LogP contribution is -2.01. The van der Waals surface area contributed by atoms with E-state index in [-0.39, 0.29) is 12.4 Å². The Bertz CT molecular complexity index is 624. The molecule has 4 nitrogen and oxygen atoms in total. The van der Waals surface area contributed by atoms with Crippen molar-refractivity contribution < 1.29 is 13.9 Å². The van der Waals surface area contributed by atoms with E-state index in [1.165, 1.54) is 6.07 Å². The van der Waals surface area contributed by atoms with Crippen LogP contribution < -0.4 is 10.4 Å². The zero-order chi connectivity index (χ0) is 10.4. The maximum absolute atomic E-state index is 11.5. The number of hydrogen-bond acceptors (Lipinski definition) is 4. The van der Waals surface area contributed by atoms with E-state index in [0.29, 0.717) is 16.9 Å². The largest absolute Gasteiger partial charge is 0.485 e. The molecule has 0 saturated heterocycles. The van der Waals surface area contributed by atoms with Crippen LogP contribution in [0.1, 0.15) is 10.4 Å². The first-order chi connectivity index (χ1) is 7.25. The van der Waals surface area contributed by atoms with Crippen molar-refractivity contribution in [3.05, 3.63) is 40.2 Å². The molecule has 3 rings (SSSR count). The average Bonchev–Trinajstić information content (AvgIpc) is 2.60. The molecule has 0 atom stereocenters. The van der Waals surface area contributed by atoms with Gasteiger partial charge in [-0.25, -0.2) is 4.79 Å². The summed E-state index contributed by atoms with van der Waals surface area (Å²) in [5, 5.41) is 0.729. The number of fused-ring (bicyclic) bond motifs is 3. The topological polar surface area (TPSA) is 56.5 Å². The third kappa shape index (κ3) is 1.08. The van der Waals surface area contributed by atoms with Gasteiger partial charge in [0.25, 0.3) is 0 Å². The van der Waals surface area contributed by atoms with Gasteiger partial charge >= 0.3 is 5.63 Å². The molecule has 0 unspecified atom stereocenters. The maximum Gasteiger partial charge on any atom is 0.336 e. The third-order valence-electron chi connectivity index (χ3n) is 2.39. The van der Waals surface area contributed by atoms with Crippen LogP contribution >= 0.6 is 0 Å². The molecular weight excluding hydrogens is 196 g/mol. The summed E-state index contributed by atoms with van der Waals surface area (Å²) in [5.74, 6) is 0.340. The molecule has 1 aromatic heterocycles. The molecule has 1 aliphatic rings. The van der Waals surface area contributed by atoms with Crippen LogP contribution in [0.4, 0.5) is 0 Å². The molecule has 74 valence electrons. The summed E-state index contributed by atoms with van der Waals surface area (Å²) in [6, 6.07) is 6.43. The van der Waals surface area contributed by atoms with Crippen molar-refractivity contribution >= 4 is 16.8 Å². The van der Waals surface area contributed by atoms with Crippen LogP contribution in [0.2, 0.25) is 0 Å². The van der Waals surface area contributed by atoms with Gasteiger partial charge in [0, 0.05) is 11.5 Å². The highest BCUT2D eigenvalue weighted by Gasteiger charge is 2.25. The Kier molecular flexibility index (Phi) is 1.48. The van der Waals surface area contributed by atoms with Gasteiger partial charge in [-0.2, -0.15) is 0 Å². The molecule has 2 heterocycles. The van der Waals surface area contributed by atoms with Crippen molar-refractivity contribution in [1.29, 1.82) is 0 Å². The zero-order valence-electron chi connectivity index (χ0n) is 7.65. The number of hydrogen-bond donors (Lipinski definition) is 0. The Labute approximate surface area is 84.1 Å². The molecule has 1 aliphatic heterocycles. The quantitative estimate of drug-likeness (QED) is 0.605. The molecule has 0 aliphatic carbocycles. The normalized spacial score (nSPS) is 14.0. The summed E-state index contributed by atoms with van der Waals surface area (Å²) in [5.41, 5.74) is 0.239. The number of Topliss-reactive ketones (excluding diaryl/α,β-unsaturated/α-hetero) is 1. The van der Waals surface area contributed by atoms with Gasteiger partial charge in [0.15, 0.2) is 12.2 Å². The number of carbonyl (C=O) groups excluding carboxylic acids is 1. The Morgan fingerprint density at radius 1 is 1.07 bits per heavy atom. The highest BCUT2D eigenvalue weighted by atomic mass is 16.5. The summed E-state index contributed by atoms with van der Waals surface area (Å²) in [7, 11) is 0. The van der Waals surface area contributed by atoms with Crippen molar-refractivity contribution in [3.8, 4) is 5.75 Å². The molecule has 15 heavy (non-hydrogen) atoms. The fourth-order valence-corrected chi connectivity index (χ4v) is 1.71. The van der Waals surface area contributed by atoms with Crippen LogP contribution in [0.15, 0.2) is 33.5 Å². The monoisotopic (exact) mass is 202 g/mol. The molecule has 0 spiro atoms. The van der Waals surface area contributed by atoms with Crippen molar-refractivity contribution in [1.82, 2.24) is 0 Å². The second kappa shape index (κ2) is 2.70. The van der Waals surface area contributed by atoms with Gasteiger partial charge in [-0.05, 0) is 18.2 Å². The number of ketones is 1. The molecule has 0 N–H and O–H groups in total. The van der Waals surface area contributed by atoms with Crippen LogP contribution in [-0.4, -0.2) is 12.4 Å². The molecule has 0 fully saturated rings. The lowest BCUT2D eigenvalue weighted by atomic mass is 10.1. The van der Waals surface area contributed by atoms with Crippen LogP contribution in [-0.2, 0) is 0 Å². The lowest BCUT2D eigenvalue weighted by molar-refractivity contribution is 0.0961. The first-order valence-electron chi connectivity index (χ1n) is 4.48. The standard InChI is InChI=1S/C11H6O4/c12-7-5-14-8-3-1-6-2-4-9(13)15-11(6)10(7)8/h1-4H,5H2. The first-order valence-corrected chi connectivity index (χ1v) is 4.48. The maximum atomic E-state index is 11.5. The lowest BCUT2D eigenvalue weighted by Gasteiger charge is -1.99. The van der Waals surface area contributed by atoms with E-state index in [9.17, 15) is 9.59 Å². The molecule has 4 heteroatoms. The predicted octanol–water partition coefficient (Wildman–Crippen LogP) is 1.37. The minimum Gasteiger partial charge on any atom is -0.485 e. The van der Waals surface area contributed by atoms with E-state index in [0.717, 1.165) is 5.39 Å². The van der Waals surface area contributed by atoms with Crippen LogP contribution in [0.5, 0.6) is 5.75 Å². The van der Waals surface area contributed by atoms with Gasteiger partial charge in [-0.3, -0.25) is 4.79 Å². The first kappa shape index (κ1) is 8.23. The fraction of sp³-hybridized carbons (Fsp3) is 0.0909. The number of rotatable bonds is 0. The van der Waals surface area contributed by atoms with Crippen molar-refractivity contribution in [3.63, 3.8) is 0 Å². The third-order valence-corrected chi connectivity index (χ3v) is 2.39. The highest BCUT2D eigenvalue weighted by Crippen LogP contribution is 2.31.